The van der Waals surface area contributed by atoms with Crippen LogP contribution in [0.25, 0.3) is 0 Å². The number of benzene rings is 1. The minimum atomic E-state index is 0.175. The third kappa shape index (κ3) is 3.36. The van der Waals surface area contributed by atoms with Crippen molar-refractivity contribution in [1.29, 1.82) is 0 Å². The van der Waals surface area contributed by atoms with Crippen molar-refractivity contribution in [3.63, 3.8) is 0 Å². The Morgan fingerprint density at radius 2 is 2.05 bits per heavy atom. The number of anilines is 2. The molecule has 0 fully saturated rings. The van der Waals surface area contributed by atoms with Crippen LogP contribution in [-0.2, 0) is 13.0 Å². The van der Waals surface area contributed by atoms with Crippen molar-refractivity contribution in [3.05, 3.63) is 47.2 Å². The molecule has 5 nitrogen and oxygen atoms in total. The number of aromatic nitrogens is 2. The molecule has 2 aromatic rings. The Balaban J connectivity index is 1.77. The molecule has 0 aliphatic carbocycles. The van der Waals surface area contributed by atoms with Crippen molar-refractivity contribution < 1.29 is 5.11 Å². The number of aliphatic hydroxyl groups is 1. The second kappa shape index (κ2) is 6.75. The molecule has 1 aliphatic heterocycles. The number of hydrogen-bond acceptors (Lipinski definition) is 5. The molecule has 0 saturated heterocycles. The van der Waals surface area contributed by atoms with E-state index in [1.165, 1.54) is 11.1 Å². The number of rotatable bonds is 5. The van der Waals surface area contributed by atoms with E-state index < -0.39 is 0 Å². The van der Waals surface area contributed by atoms with Gasteiger partial charge in [0.2, 0.25) is 5.95 Å². The van der Waals surface area contributed by atoms with Gasteiger partial charge in [-0.25, -0.2) is 4.98 Å². The van der Waals surface area contributed by atoms with Crippen LogP contribution in [0.4, 0.5) is 11.8 Å². The molecule has 1 aromatic carbocycles. The molecule has 0 spiro atoms. The Bertz CT molecular complexity index is 644. The van der Waals surface area contributed by atoms with Gasteiger partial charge in [-0.2, -0.15) is 4.98 Å². The summed E-state index contributed by atoms with van der Waals surface area (Å²) >= 11 is 0. The highest BCUT2D eigenvalue weighted by atomic mass is 16.3. The second-order valence-corrected chi connectivity index (χ2v) is 5.64. The summed E-state index contributed by atoms with van der Waals surface area (Å²) in [4.78, 5) is 11.3. The van der Waals surface area contributed by atoms with E-state index in [2.05, 4.69) is 44.5 Å². The van der Waals surface area contributed by atoms with Gasteiger partial charge in [0.1, 0.15) is 5.82 Å². The van der Waals surface area contributed by atoms with Crippen molar-refractivity contribution in [2.45, 2.75) is 26.3 Å². The van der Waals surface area contributed by atoms with Crippen LogP contribution < -0.4 is 10.2 Å². The normalized spacial score (nSPS) is 13.8. The molecule has 0 unspecified atom stereocenters. The van der Waals surface area contributed by atoms with Crippen LogP contribution in [-0.4, -0.2) is 34.8 Å². The Morgan fingerprint density at radius 3 is 2.86 bits per heavy atom. The van der Waals surface area contributed by atoms with E-state index >= 15 is 0 Å². The minimum Gasteiger partial charge on any atom is -0.396 e. The van der Waals surface area contributed by atoms with E-state index in [-0.39, 0.29) is 6.61 Å². The quantitative estimate of drug-likeness (QED) is 0.828. The molecule has 0 bridgehead atoms. The Morgan fingerprint density at radius 1 is 1.23 bits per heavy atom. The lowest BCUT2D eigenvalue weighted by atomic mass is 10.00. The van der Waals surface area contributed by atoms with Gasteiger partial charge in [0, 0.05) is 38.0 Å². The zero-order chi connectivity index (χ0) is 15.4. The molecule has 1 aliphatic rings. The first-order valence-corrected chi connectivity index (χ1v) is 7.78. The lowest BCUT2D eigenvalue weighted by Crippen LogP contribution is -2.31. The highest BCUT2D eigenvalue weighted by Crippen LogP contribution is 2.24. The third-order valence-electron chi connectivity index (χ3n) is 3.91. The molecule has 116 valence electrons. The average molecular weight is 298 g/mol. The fourth-order valence-electron chi connectivity index (χ4n) is 2.76. The van der Waals surface area contributed by atoms with E-state index in [0.29, 0.717) is 18.9 Å². The van der Waals surface area contributed by atoms with E-state index in [1.807, 2.05) is 13.0 Å². The topological polar surface area (TPSA) is 61.3 Å². The average Bonchev–Trinajstić information content (AvgIpc) is 2.54. The van der Waals surface area contributed by atoms with E-state index in [4.69, 9.17) is 5.11 Å². The Hall–Kier alpha value is -2.14. The van der Waals surface area contributed by atoms with Crippen molar-refractivity contribution in [2.75, 3.05) is 29.9 Å². The first kappa shape index (κ1) is 14.8. The maximum Gasteiger partial charge on any atom is 0.224 e. The summed E-state index contributed by atoms with van der Waals surface area (Å²) in [5.41, 5.74) is 3.76. The molecular formula is C17H22N4O. The maximum absolute atomic E-state index is 8.86. The summed E-state index contributed by atoms with van der Waals surface area (Å²) in [5, 5.41) is 12.0. The molecule has 0 amide bonds. The van der Waals surface area contributed by atoms with Gasteiger partial charge < -0.3 is 15.3 Å². The van der Waals surface area contributed by atoms with Gasteiger partial charge >= 0.3 is 0 Å². The van der Waals surface area contributed by atoms with E-state index in [0.717, 1.165) is 31.0 Å². The van der Waals surface area contributed by atoms with Crippen molar-refractivity contribution in [3.8, 4) is 0 Å². The van der Waals surface area contributed by atoms with Gasteiger partial charge in [-0.1, -0.05) is 24.3 Å². The summed E-state index contributed by atoms with van der Waals surface area (Å²) < 4.78 is 0. The van der Waals surface area contributed by atoms with Gasteiger partial charge in [0.25, 0.3) is 0 Å². The highest BCUT2D eigenvalue weighted by molar-refractivity contribution is 5.48. The molecule has 0 atom stereocenters. The monoisotopic (exact) mass is 298 g/mol. The van der Waals surface area contributed by atoms with Gasteiger partial charge in [-0.3, -0.25) is 0 Å². The summed E-state index contributed by atoms with van der Waals surface area (Å²) in [6.45, 7) is 4.71. The summed E-state index contributed by atoms with van der Waals surface area (Å²) in [5.74, 6) is 1.61. The van der Waals surface area contributed by atoms with Crippen LogP contribution in [0.3, 0.4) is 0 Å². The number of aliphatic hydroxyl groups excluding tert-OH is 1. The van der Waals surface area contributed by atoms with Gasteiger partial charge in [-0.05, 0) is 30.9 Å². The molecule has 1 aromatic heterocycles. The van der Waals surface area contributed by atoms with Crippen LogP contribution in [0.15, 0.2) is 30.3 Å². The van der Waals surface area contributed by atoms with Crippen molar-refractivity contribution in [2.24, 2.45) is 0 Å². The largest absolute Gasteiger partial charge is 0.396 e. The van der Waals surface area contributed by atoms with Crippen LogP contribution >= 0.6 is 0 Å². The Labute approximate surface area is 131 Å². The molecular weight excluding hydrogens is 276 g/mol. The van der Waals surface area contributed by atoms with Crippen LogP contribution in [0.5, 0.6) is 0 Å². The number of nitrogens with one attached hydrogen (secondary N) is 1. The zero-order valence-electron chi connectivity index (χ0n) is 12.9. The second-order valence-electron chi connectivity index (χ2n) is 5.64. The predicted octanol–water partition coefficient (Wildman–Crippen LogP) is 2.14. The van der Waals surface area contributed by atoms with Crippen molar-refractivity contribution >= 4 is 11.8 Å². The maximum atomic E-state index is 8.86. The SMILES string of the molecule is Cc1cc(N2CCc3ccccc3C2)nc(NCCCO)n1. The molecule has 5 heteroatoms. The molecule has 0 saturated carbocycles. The van der Waals surface area contributed by atoms with Crippen molar-refractivity contribution in [1.82, 2.24) is 9.97 Å². The number of fused-ring (bicyclic) bond motifs is 1. The first-order chi connectivity index (χ1) is 10.8. The summed E-state index contributed by atoms with van der Waals surface area (Å²) in [7, 11) is 0. The number of hydrogen-bond donors (Lipinski definition) is 2. The minimum absolute atomic E-state index is 0.175. The predicted molar refractivity (Wildman–Crippen MR) is 88.2 cm³/mol. The van der Waals surface area contributed by atoms with Gasteiger partial charge in [0.05, 0.1) is 0 Å². The summed E-state index contributed by atoms with van der Waals surface area (Å²) in [6.07, 6.45) is 1.75. The molecule has 22 heavy (non-hydrogen) atoms. The molecule has 3 rings (SSSR count). The smallest absolute Gasteiger partial charge is 0.224 e. The zero-order valence-corrected chi connectivity index (χ0v) is 12.9. The fourth-order valence-corrected chi connectivity index (χ4v) is 2.76. The van der Waals surface area contributed by atoms with E-state index in [1.54, 1.807) is 0 Å². The molecule has 0 radical (unpaired) electrons. The molecule has 2 N–H and O–H groups in total. The highest BCUT2D eigenvalue weighted by Gasteiger charge is 2.17. The summed E-state index contributed by atoms with van der Waals surface area (Å²) in [6, 6.07) is 10.6. The molecule has 2 heterocycles. The van der Waals surface area contributed by atoms with Crippen LogP contribution in [0, 0.1) is 6.92 Å². The van der Waals surface area contributed by atoms with Gasteiger partial charge in [0.15, 0.2) is 0 Å². The number of nitrogens with zero attached hydrogens (tertiary/aromatic N) is 3. The standard InChI is InChI=1S/C17H22N4O/c1-13-11-16(20-17(19-13)18-8-4-10-22)21-9-7-14-5-2-3-6-15(14)12-21/h2-3,5-6,11,22H,4,7-10,12H2,1H3,(H,18,19,20). The van der Waals surface area contributed by atoms with E-state index in [9.17, 15) is 0 Å². The number of aryl methyl sites for hydroxylation is 1. The fraction of sp³-hybridized carbons (Fsp3) is 0.412. The lowest BCUT2D eigenvalue weighted by molar-refractivity contribution is 0.292. The van der Waals surface area contributed by atoms with Crippen LogP contribution in [0.1, 0.15) is 23.2 Å². The van der Waals surface area contributed by atoms with Crippen LogP contribution in [0.2, 0.25) is 0 Å². The van der Waals surface area contributed by atoms with Gasteiger partial charge in [-0.15, -0.1) is 0 Å². The first-order valence-electron chi connectivity index (χ1n) is 7.78. The lowest BCUT2D eigenvalue weighted by Gasteiger charge is -2.30. The third-order valence-corrected chi connectivity index (χ3v) is 3.91. The Kier molecular flexibility index (Phi) is 4.53.